The van der Waals surface area contributed by atoms with Crippen molar-refractivity contribution >= 4 is 51.6 Å². The second kappa shape index (κ2) is 19.4. The van der Waals surface area contributed by atoms with Gasteiger partial charge in [0.2, 0.25) is 12.0 Å². The smallest absolute Gasteiger partial charge is 0.490 e. The Balaban J connectivity index is 0.000000569. The first-order chi connectivity index (χ1) is 27.2. The number of ether oxygens (including phenoxy) is 1. The molecular formula is C31H31F10N5O10PS2+. The van der Waals surface area contributed by atoms with Crippen LogP contribution >= 0.6 is 19.6 Å². The molecule has 0 spiro atoms. The molecule has 2 unspecified atom stereocenters. The molecule has 0 radical (unpaired) electrons. The van der Waals surface area contributed by atoms with Crippen LogP contribution in [0.25, 0.3) is 10.1 Å². The average Bonchev–Trinajstić information content (AvgIpc) is 3.62. The van der Waals surface area contributed by atoms with Crippen LogP contribution in [0.5, 0.6) is 5.75 Å². The van der Waals surface area contributed by atoms with Gasteiger partial charge in [0.15, 0.2) is 17.4 Å². The molecule has 4 N–H and O–H groups in total. The SMILES string of the molecule is N#Cc1ccc(C(NS(=O)(=O)c2cc3c(F)c(F)c(OCC[N+]45CC[N+](CCC[NH3+])(CC4)CC5)c(F)c3s2)O[P+](=O)[O-])cc1F.O=C([O-])C(F)(F)F.O=C([O-])C(F)(F)F. The number of alkyl halides is 6. The number of quaternary nitrogens is 3. The van der Waals surface area contributed by atoms with Crippen molar-refractivity contribution in [2.24, 2.45) is 0 Å². The molecule has 3 aliphatic rings. The van der Waals surface area contributed by atoms with Gasteiger partial charge < -0.3 is 44.1 Å². The molecule has 3 saturated heterocycles. The number of hydrogen-bond donors (Lipinski definition) is 2. The number of halogens is 10. The molecule has 59 heavy (non-hydrogen) atoms. The zero-order chi connectivity index (χ0) is 44.7. The lowest BCUT2D eigenvalue weighted by molar-refractivity contribution is -1.08. The molecule has 2 aromatic carbocycles. The van der Waals surface area contributed by atoms with E-state index in [2.05, 4.69) is 10.3 Å². The molecule has 3 fully saturated rings. The molecule has 15 nitrogen and oxygen atoms in total. The van der Waals surface area contributed by atoms with Gasteiger partial charge in [0.1, 0.15) is 80.5 Å². The summed E-state index contributed by atoms with van der Waals surface area (Å²) in [6, 6.07) is 5.01. The molecule has 3 aromatic rings. The standard InChI is InChI=1S/C27H30F4N5O6PS2.2C2HF3O2/c28-20-14-17(2-3-18(20)16-33)27(42-43(37)38)34-45(39,40)21-15-19-22(29)23(30)25(24(31)26(19)44-21)41-13-12-36-9-6-35(7-10-36,8-11-36)5-1-4-32;2*3-2(4,5)1(6)7/h2-3,14-15,27,34H,1,4-13,32H2;2*(H,6,7)/q+2;;/p-1. The maximum Gasteiger partial charge on any atom is 0.490 e. The summed E-state index contributed by atoms with van der Waals surface area (Å²) < 4.78 is 173. The number of carboxylic acid groups (broad SMARTS) is 2. The summed E-state index contributed by atoms with van der Waals surface area (Å²) >= 11 is 0.265. The number of fused-ring (bicyclic) bond motifs is 4. The lowest BCUT2D eigenvalue weighted by atomic mass is 10.1. The number of nitriles is 1. The van der Waals surface area contributed by atoms with Crippen molar-refractivity contribution in [1.29, 1.82) is 5.26 Å². The normalized spacial score (nSPS) is 19.7. The number of nitrogens with one attached hydrogen (secondary N) is 1. The summed E-state index contributed by atoms with van der Waals surface area (Å²) in [6.45, 7) is 8.08. The van der Waals surface area contributed by atoms with Gasteiger partial charge in [-0.3, -0.25) is 0 Å². The molecule has 0 amide bonds. The number of hydrogen-bond acceptors (Lipinski definition) is 12. The summed E-state index contributed by atoms with van der Waals surface area (Å²) in [4.78, 5) is 28.8. The highest BCUT2D eigenvalue weighted by atomic mass is 32.2. The second-order valence-electron chi connectivity index (χ2n) is 12.9. The summed E-state index contributed by atoms with van der Waals surface area (Å²) in [5, 5.41) is 25.8. The third-order valence-corrected chi connectivity index (χ3v) is 12.6. The molecule has 28 heteroatoms. The predicted molar refractivity (Wildman–Crippen MR) is 174 cm³/mol. The Morgan fingerprint density at radius 2 is 1.42 bits per heavy atom. The van der Waals surface area contributed by atoms with Crippen LogP contribution in [0.1, 0.15) is 23.8 Å². The van der Waals surface area contributed by atoms with Gasteiger partial charge in [-0.05, 0) is 22.8 Å². The van der Waals surface area contributed by atoms with Crippen LogP contribution in [-0.2, 0) is 28.7 Å². The largest absolute Gasteiger partial charge is 0.566 e. The van der Waals surface area contributed by atoms with Crippen LogP contribution < -0.4 is 30.3 Å². The van der Waals surface area contributed by atoms with Crippen molar-refractivity contribution in [2.45, 2.75) is 29.2 Å². The first-order valence-corrected chi connectivity index (χ1v) is 19.9. The van der Waals surface area contributed by atoms with Crippen molar-refractivity contribution in [3.05, 3.63) is 58.7 Å². The van der Waals surface area contributed by atoms with Gasteiger partial charge >= 0.3 is 20.6 Å². The molecule has 0 aliphatic carbocycles. The number of thiophene rings is 1. The first-order valence-electron chi connectivity index (χ1n) is 16.5. The van der Waals surface area contributed by atoms with E-state index in [1.54, 1.807) is 6.07 Å². The Labute approximate surface area is 331 Å². The number of rotatable bonds is 13. The Kier molecular flexibility index (Phi) is 16.2. The molecule has 4 heterocycles. The zero-order valence-electron chi connectivity index (χ0n) is 29.8. The Bertz CT molecular complexity index is 2160. The van der Waals surface area contributed by atoms with E-state index in [4.69, 9.17) is 29.8 Å². The average molecular weight is 919 g/mol. The van der Waals surface area contributed by atoms with Gasteiger partial charge in [0.25, 0.3) is 10.0 Å². The van der Waals surface area contributed by atoms with E-state index in [1.165, 1.54) is 0 Å². The van der Waals surface area contributed by atoms with Gasteiger partial charge in [-0.15, -0.1) is 15.9 Å². The van der Waals surface area contributed by atoms with E-state index in [-0.39, 0.29) is 29.1 Å². The summed E-state index contributed by atoms with van der Waals surface area (Å²) in [6.07, 6.45) is -11.3. The van der Waals surface area contributed by atoms with Crippen LogP contribution in [0, 0.1) is 34.6 Å². The zero-order valence-corrected chi connectivity index (χ0v) is 32.4. The summed E-state index contributed by atoms with van der Waals surface area (Å²) in [5.41, 5.74) is 3.23. The van der Waals surface area contributed by atoms with Crippen LogP contribution in [-0.4, -0.2) is 107 Å². The topological polar surface area (TPSA) is 236 Å². The lowest BCUT2D eigenvalue weighted by Crippen LogP contribution is -2.75. The Morgan fingerprint density at radius 3 is 1.86 bits per heavy atom. The lowest BCUT2D eigenvalue weighted by Gasteiger charge is -2.55. The molecule has 326 valence electrons. The number of carbonyl (C=O) groups excluding carboxylic acids is 2. The van der Waals surface area contributed by atoms with Gasteiger partial charge in [-0.2, -0.15) is 40.7 Å². The van der Waals surface area contributed by atoms with E-state index in [9.17, 15) is 48.6 Å². The fourth-order valence-electron chi connectivity index (χ4n) is 5.99. The number of carboxylic acids is 2. The number of carbonyl (C=O) groups is 2. The predicted octanol–water partition coefficient (Wildman–Crippen LogP) is 0.610. The second-order valence-corrected chi connectivity index (χ2v) is 16.5. The van der Waals surface area contributed by atoms with Crippen molar-refractivity contribution in [2.75, 3.05) is 65.5 Å². The fourth-order valence-corrected chi connectivity index (χ4v) is 8.92. The number of sulfonamides is 1. The molecule has 6 rings (SSSR count). The maximum absolute atomic E-state index is 15.5. The molecule has 2 bridgehead atoms. The number of aliphatic carboxylic acids is 2. The number of nitrogens with zero attached hydrogens (tertiary/aromatic N) is 3. The third-order valence-electron chi connectivity index (χ3n) is 9.18. The number of piperazine rings is 3. The highest BCUT2D eigenvalue weighted by molar-refractivity contribution is 7.91. The van der Waals surface area contributed by atoms with Gasteiger partial charge in [0.05, 0.1) is 23.4 Å². The monoisotopic (exact) mass is 918 g/mol. The van der Waals surface area contributed by atoms with E-state index >= 15 is 13.2 Å². The molecule has 1 aromatic heterocycles. The van der Waals surface area contributed by atoms with Crippen molar-refractivity contribution in [3.8, 4) is 11.8 Å². The quantitative estimate of drug-likeness (QED) is 0.0793. The molecular weight excluding hydrogens is 887 g/mol. The highest BCUT2D eigenvalue weighted by Gasteiger charge is 2.48. The van der Waals surface area contributed by atoms with Gasteiger partial charge in [0, 0.05) is 17.4 Å². The van der Waals surface area contributed by atoms with E-state index < -0.39 is 92.1 Å². The van der Waals surface area contributed by atoms with E-state index in [1.807, 2.05) is 4.72 Å². The number of benzene rings is 2. The van der Waals surface area contributed by atoms with Crippen LogP contribution in [0.15, 0.2) is 28.5 Å². The van der Waals surface area contributed by atoms with Crippen molar-refractivity contribution in [3.63, 3.8) is 0 Å². The van der Waals surface area contributed by atoms with Gasteiger partial charge in [-0.25, -0.2) is 21.6 Å². The van der Waals surface area contributed by atoms with Crippen LogP contribution in [0.4, 0.5) is 43.9 Å². The van der Waals surface area contributed by atoms with E-state index in [0.29, 0.717) is 18.7 Å². The fraction of sp³-hybridized carbons (Fsp3) is 0.452. The third kappa shape index (κ3) is 12.6. The molecule has 0 saturated carbocycles. The van der Waals surface area contributed by atoms with Crippen LogP contribution in [0.2, 0.25) is 0 Å². The Morgan fingerprint density at radius 1 is 0.915 bits per heavy atom. The summed E-state index contributed by atoms with van der Waals surface area (Å²) in [7, 11) is -8.43. The highest BCUT2D eigenvalue weighted by Crippen LogP contribution is 2.40. The Hall–Kier alpha value is -4.26. The van der Waals surface area contributed by atoms with Crippen LogP contribution in [0.3, 0.4) is 0 Å². The maximum atomic E-state index is 15.5. The molecule has 3 aliphatic heterocycles. The minimum absolute atomic E-state index is 0.0801. The van der Waals surface area contributed by atoms with Gasteiger partial charge in [-0.1, -0.05) is 6.07 Å². The summed E-state index contributed by atoms with van der Waals surface area (Å²) in [5.74, 6) is -12.4. The van der Waals surface area contributed by atoms with E-state index in [0.717, 1.165) is 79.9 Å². The van der Waals surface area contributed by atoms with Crippen molar-refractivity contribution < 1.29 is 106 Å². The molecule has 2 atom stereocenters. The van der Waals surface area contributed by atoms with Crippen molar-refractivity contribution in [1.82, 2.24) is 4.72 Å². The minimum Gasteiger partial charge on any atom is -0.566 e. The minimum atomic E-state index is -5.19. The first kappa shape index (κ1) is 49.1.